The van der Waals surface area contributed by atoms with Gasteiger partial charge in [0.05, 0.1) is 10.9 Å². The Kier molecular flexibility index (Phi) is 5.39. The summed E-state index contributed by atoms with van der Waals surface area (Å²) >= 11 is 1.69. The van der Waals surface area contributed by atoms with Crippen molar-refractivity contribution in [2.45, 2.75) is 37.6 Å². The fraction of sp³-hybridized carbons (Fsp3) is 0.444. The van der Waals surface area contributed by atoms with Gasteiger partial charge in [-0.1, -0.05) is 23.8 Å². The summed E-state index contributed by atoms with van der Waals surface area (Å²) in [4.78, 5) is 3.98. The van der Waals surface area contributed by atoms with Crippen molar-refractivity contribution in [3.05, 3.63) is 51.7 Å². The average Bonchev–Trinajstić information content (AvgIpc) is 3.20. The molecule has 24 heavy (non-hydrogen) atoms. The first-order chi connectivity index (χ1) is 11.5. The maximum Gasteiger partial charge on any atom is 0.240 e. The number of sulfonamides is 1. The fourth-order valence-corrected chi connectivity index (χ4v) is 5.43. The predicted molar refractivity (Wildman–Crippen MR) is 99.0 cm³/mol. The van der Waals surface area contributed by atoms with Gasteiger partial charge in [-0.25, -0.2) is 13.1 Å². The fourth-order valence-electron chi connectivity index (χ4n) is 3.31. The number of thiophene rings is 1. The third-order valence-corrected chi connectivity index (χ3v) is 7.10. The van der Waals surface area contributed by atoms with Crippen molar-refractivity contribution < 1.29 is 8.42 Å². The van der Waals surface area contributed by atoms with Crippen LogP contribution in [0.3, 0.4) is 0 Å². The van der Waals surface area contributed by atoms with Crippen molar-refractivity contribution in [2.75, 3.05) is 19.6 Å². The van der Waals surface area contributed by atoms with E-state index in [1.54, 1.807) is 17.4 Å². The van der Waals surface area contributed by atoms with Crippen LogP contribution >= 0.6 is 11.3 Å². The number of benzene rings is 1. The molecule has 1 aliphatic rings. The quantitative estimate of drug-likeness (QED) is 0.854. The van der Waals surface area contributed by atoms with Gasteiger partial charge >= 0.3 is 0 Å². The van der Waals surface area contributed by atoms with Gasteiger partial charge in [-0.05, 0) is 62.9 Å². The molecule has 1 unspecified atom stereocenters. The minimum absolute atomic E-state index is 0.119. The number of likely N-dealkylation sites (tertiary alicyclic amines) is 1. The summed E-state index contributed by atoms with van der Waals surface area (Å²) in [5, 5.41) is 2.05. The molecule has 4 nitrogen and oxygen atoms in total. The van der Waals surface area contributed by atoms with E-state index >= 15 is 0 Å². The van der Waals surface area contributed by atoms with E-state index < -0.39 is 10.0 Å². The van der Waals surface area contributed by atoms with Gasteiger partial charge in [-0.3, -0.25) is 4.90 Å². The molecule has 2 heterocycles. The first-order valence-corrected chi connectivity index (χ1v) is 10.7. The third-order valence-electron chi connectivity index (χ3n) is 4.54. The van der Waals surface area contributed by atoms with E-state index in [-0.39, 0.29) is 6.04 Å². The largest absolute Gasteiger partial charge is 0.294 e. The second kappa shape index (κ2) is 7.35. The summed E-state index contributed by atoms with van der Waals surface area (Å²) in [5.41, 5.74) is 1.86. The standard InChI is InChI=1S/C18H24N2O2S2/c1-14-7-8-18(15(2)12-14)24(21,22)19-13-16(17-6-5-11-23-17)20-9-3-4-10-20/h5-8,11-12,16,19H,3-4,9-10,13H2,1-2H3. The van der Waals surface area contributed by atoms with E-state index in [1.807, 2.05) is 32.0 Å². The van der Waals surface area contributed by atoms with E-state index in [4.69, 9.17) is 0 Å². The van der Waals surface area contributed by atoms with Crippen LogP contribution in [-0.4, -0.2) is 33.0 Å². The van der Waals surface area contributed by atoms with Crippen molar-refractivity contribution in [2.24, 2.45) is 0 Å². The molecule has 1 atom stereocenters. The first kappa shape index (κ1) is 17.6. The lowest BCUT2D eigenvalue weighted by Crippen LogP contribution is -2.36. The Morgan fingerprint density at radius 3 is 2.58 bits per heavy atom. The predicted octanol–water partition coefficient (Wildman–Crippen LogP) is 3.48. The summed E-state index contributed by atoms with van der Waals surface area (Å²) < 4.78 is 28.3. The molecule has 3 rings (SSSR count). The number of hydrogen-bond donors (Lipinski definition) is 1. The SMILES string of the molecule is Cc1ccc(S(=O)(=O)NCC(c2cccs2)N2CCCC2)c(C)c1. The molecule has 0 aliphatic carbocycles. The topological polar surface area (TPSA) is 49.4 Å². The molecule has 1 fully saturated rings. The Morgan fingerprint density at radius 1 is 1.21 bits per heavy atom. The first-order valence-electron chi connectivity index (χ1n) is 8.32. The van der Waals surface area contributed by atoms with Crippen LogP contribution in [0.1, 0.15) is 34.9 Å². The summed E-state index contributed by atoms with van der Waals surface area (Å²) in [6.07, 6.45) is 2.37. The molecule has 0 bridgehead atoms. The van der Waals surface area contributed by atoms with Crippen LogP contribution in [0, 0.1) is 13.8 Å². The summed E-state index contributed by atoms with van der Waals surface area (Å²) in [5.74, 6) is 0. The Bertz CT molecular complexity index is 779. The molecule has 1 N–H and O–H groups in total. The minimum Gasteiger partial charge on any atom is -0.294 e. The second-order valence-corrected chi connectivity index (χ2v) is 9.11. The minimum atomic E-state index is -3.50. The number of rotatable bonds is 6. The van der Waals surface area contributed by atoms with E-state index in [9.17, 15) is 8.42 Å². The molecule has 130 valence electrons. The zero-order chi connectivity index (χ0) is 17.2. The Labute approximate surface area is 148 Å². The normalized spacial score (nSPS) is 17.2. The van der Waals surface area contributed by atoms with Crippen LogP contribution in [0.5, 0.6) is 0 Å². The lowest BCUT2D eigenvalue weighted by Gasteiger charge is -2.27. The number of nitrogens with one attached hydrogen (secondary N) is 1. The third kappa shape index (κ3) is 3.88. The lowest BCUT2D eigenvalue weighted by atomic mass is 10.2. The average molecular weight is 365 g/mol. The van der Waals surface area contributed by atoms with Crippen molar-refractivity contribution in [1.29, 1.82) is 0 Å². The lowest BCUT2D eigenvalue weighted by molar-refractivity contribution is 0.250. The molecule has 1 aromatic heterocycles. The molecule has 0 radical (unpaired) electrons. The zero-order valence-corrected chi connectivity index (χ0v) is 15.8. The number of hydrogen-bond acceptors (Lipinski definition) is 4. The van der Waals surface area contributed by atoms with Gasteiger partial charge in [0.1, 0.15) is 0 Å². The molecule has 0 saturated carbocycles. The molecule has 6 heteroatoms. The Balaban J connectivity index is 1.78. The highest BCUT2D eigenvalue weighted by atomic mass is 32.2. The van der Waals surface area contributed by atoms with Gasteiger partial charge in [0, 0.05) is 11.4 Å². The van der Waals surface area contributed by atoms with Crippen LogP contribution < -0.4 is 4.72 Å². The van der Waals surface area contributed by atoms with Crippen molar-refractivity contribution >= 4 is 21.4 Å². The monoisotopic (exact) mass is 364 g/mol. The molecule has 0 spiro atoms. The van der Waals surface area contributed by atoms with Gasteiger partial charge in [-0.15, -0.1) is 11.3 Å². The number of nitrogens with zero attached hydrogens (tertiary/aromatic N) is 1. The van der Waals surface area contributed by atoms with E-state index in [1.165, 1.54) is 17.7 Å². The summed E-state index contributed by atoms with van der Waals surface area (Å²) in [7, 11) is -3.50. The highest BCUT2D eigenvalue weighted by Crippen LogP contribution is 2.28. The molecule has 0 amide bonds. The van der Waals surface area contributed by atoms with Crippen molar-refractivity contribution in [3.8, 4) is 0 Å². The molecule has 2 aromatic rings. The molecule has 1 saturated heterocycles. The number of aryl methyl sites for hydroxylation is 2. The highest BCUT2D eigenvalue weighted by Gasteiger charge is 2.26. The summed E-state index contributed by atoms with van der Waals surface area (Å²) in [6.45, 7) is 6.30. The molecular formula is C18H24N2O2S2. The van der Waals surface area contributed by atoms with Gasteiger partial charge < -0.3 is 0 Å². The zero-order valence-electron chi connectivity index (χ0n) is 14.2. The van der Waals surface area contributed by atoms with Crippen LogP contribution in [0.15, 0.2) is 40.6 Å². The van der Waals surface area contributed by atoms with Crippen LogP contribution in [0.25, 0.3) is 0 Å². The second-order valence-electron chi connectivity index (χ2n) is 6.40. The Hall–Kier alpha value is -1.21. The van der Waals surface area contributed by atoms with Gasteiger partial charge in [0.25, 0.3) is 0 Å². The maximum atomic E-state index is 12.7. The smallest absolute Gasteiger partial charge is 0.240 e. The molecule has 1 aromatic carbocycles. The molecule has 1 aliphatic heterocycles. The van der Waals surface area contributed by atoms with E-state index in [0.29, 0.717) is 11.4 Å². The van der Waals surface area contributed by atoms with Gasteiger partial charge in [0.2, 0.25) is 10.0 Å². The van der Waals surface area contributed by atoms with Gasteiger partial charge in [-0.2, -0.15) is 0 Å². The van der Waals surface area contributed by atoms with Crippen molar-refractivity contribution in [1.82, 2.24) is 9.62 Å². The van der Waals surface area contributed by atoms with Gasteiger partial charge in [0.15, 0.2) is 0 Å². The van der Waals surface area contributed by atoms with E-state index in [0.717, 1.165) is 24.2 Å². The Morgan fingerprint density at radius 2 is 1.96 bits per heavy atom. The molecular weight excluding hydrogens is 340 g/mol. The van der Waals surface area contributed by atoms with Crippen molar-refractivity contribution in [3.63, 3.8) is 0 Å². The summed E-state index contributed by atoms with van der Waals surface area (Å²) in [6, 6.07) is 9.70. The van der Waals surface area contributed by atoms with Crippen LogP contribution in [-0.2, 0) is 10.0 Å². The highest BCUT2D eigenvalue weighted by molar-refractivity contribution is 7.89. The van der Waals surface area contributed by atoms with Crippen LogP contribution in [0.2, 0.25) is 0 Å². The maximum absolute atomic E-state index is 12.7. The van der Waals surface area contributed by atoms with Crippen LogP contribution in [0.4, 0.5) is 0 Å². The van der Waals surface area contributed by atoms with E-state index in [2.05, 4.69) is 21.1 Å².